The number of rotatable bonds is 2. The largest absolute Gasteiger partial charge is 0.391 e. The quantitative estimate of drug-likeness (QED) is 0.747. The number of carbonyl (C=O) groups excluding carboxylic acids is 1. The third-order valence-electron chi connectivity index (χ3n) is 3.59. The maximum atomic E-state index is 12.7. The van der Waals surface area contributed by atoms with Crippen molar-refractivity contribution in [1.29, 1.82) is 0 Å². The van der Waals surface area contributed by atoms with Crippen LogP contribution in [0.3, 0.4) is 0 Å². The molecule has 0 saturated heterocycles. The maximum Gasteiger partial charge on any atom is 0.391 e. The van der Waals surface area contributed by atoms with E-state index in [9.17, 15) is 18.0 Å². The summed E-state index contributed by atoms with van der Waals surface area (Å²) in [5.41, 5.74) is 0.516. The fraction of sp³-hybridized carbons (Fsp3) is 0.500. The van der Waals surface area contributed by atoms with Gasteiger partial charge in [-0.15, -0.1) is 0 Å². The molecule has 6 heteroatoms. The zero-order chi connectivity index (χ0) is 14.8. The molecule has 1 aromatic rings. The molecule has 2 rings (SSSR count). The van der Waals surface area contributed by atoms with Crippen molar-refractivity contribution in [3.63, 3.8) is 0 Å². The summed E-state index contributed by atoms with van der Waals surface area (Å²) >= 11 is 2.05. The number of nitrogens with one attached hydrogen (secondary N) is 1. The van der Waals surface area contributed by atoms with Crippen LogP contribution in [0, 0.1) is 9.49 Å². The Morgan fingerprint density at radius 2 is 1.95 bits per heavy atom. The van der Waals surface area contributed by atoms with Gasteiger partial charge in [-0.3, -0.25) is 4.79 Å². The van der Waals surface area contributed by atoms with Gasteiger partial charge < -0.3 is 5.32 Å². The molecule has 110 valence electrons. The minimum atomic E-state index is -4.16. The van der Waals surface area contributed by atoms with Gasteiger partial charge in [-0.2, -0.15) is 13.2 Å². The SMILES string of the molecule is O=C(N[C@H]1CCC[C@H](C(F)(F)F)C1)c1ccccc1I. The number of hydrogen-bond acceptors (Lipinski definition) is 1. The Morgan fingerprint density at radius 1 is 1.25 bits per heavy atom. The second kappa shape index (κ2) is 6.32. The summed E-state index contributed by atoms with van der Waals surface area (Å²) < 4.78 is 39.0. The molecule has 0 aliphatic heterocycles. The summed E-state index contributed by atoms with van der Waals surface area (Å²) in [5.74, 6) is -1.58. The lowest BCUT2D eigenvalue weighted by atomic mass is 9.85. The van der Waals surface area contributed by atoms with Crippen molar-refractivity contribution in [1.82, 2.24) is 5.32 Å². The molecule has 0 heterocycles. The molecular formula is C14H15F3INO. The van der Waals surface area contributed by atoms with E-state index in [4.69, 9.17) is 0 Å². The Bertz CT molecular complexity index is 490. The summed E-state index contributed by atoms with van der Waals surface area (Å²) in [6.45, 7) is 0. The minimum Gasteiger partial charge on any atom is -0.349 e. The monoisotopic (exact) mass is 397 g/mol. The first kappa shape index (κ1) is 15.6. The third kappa shape index (κ3) is 3.86. The second-order valence-electron chi connectivity index (χ2n) is 5.06. The van der Waals surface area contributed by atoms with Crippen LogP contribution in [-0.4, -0.2) is 18.1 Å². The molecule has 0 aromatic heterocycles. The standard InChI is InChI=1S/C14H15F3INO/c15-14(16,17)9-4-3-5-10(8-9)19-13(20)11-6-1-2-7-12(11)18/h1-2,6-7,9-10H,3-5,8H2,(H,19,20)/t9-,10-/m0/s1. The van der Waals surface area contributed by atoms with Gasteiger partial charge in [0.1, 0.15) is 0 Å². The van der Waals surface area contributed by atoms with Gasteiger partial charge >= 0.3 is 6.18 Å². The van der Waals surface area contributed by atoms with Crippen molar-refractivity contribution in [2.24, 2.45) is 5.92 Å². The van der Waals surface area contributed by atoms with E-state index in [1.807, 2.05) is 28.7 Å². The van der Waals surface area contributed by atoms with E-state index in [-0.39, 0.29) is 24.8 Å². The van der Waals surface area contributed by atoms with Gasteiger partial charge in [-0.25, -0.2) is 0 Å². The van der Waals surface area contributed by atoms with Crippen molar-refractivity contribution >= 4 is 28.5 Å². The van der Waals surface area contributed by atoms with Crippen molar-refractivity contribution in [3.05, 3.63) is 33.4 Å². The zero-order valence-corrected chi connectivity index (χ0v) is 12.9. The van der Waals surface area contributed by atoms with Crippen molar-refractivity contribution in [2.75, 3.05) is 0 Å². The van der Waals surface area contributed by atoms with E-state index < -0.39 is 12.1 Å². The van der Waals surface area contributed by atoms with Crippen LogP contribution in [0.5, 0.6) is 0 Å². The van der Waals surface area contributed by atoms with Gasteiger partial charge in [0.25, 0.3) is 5.91 Å². The molecule has 1 N–H and O–H groups in total. The van der Waals surface area contributed by atoms with Crippen LogP contribution in [-0.2, 0) is 0 Å². The molecule has 2 nitrogen and oxygen atoms in total. The lowest BCUT2D eigenvalue weighted by Crippen LogP contribution is -2.41. The predicted octanol–water partition coefficient (Wildman–Crippen LogP) is 4.14. The first-order chi connectivity index (χ1) is 9.38. The average molecular weight is 397 g/mol. The van der Waals surface area contributed by atoms with Crippen LogP contribution in [0.2, 0.25) is 0 Å². The van der Waals surface area contributed by atoms with E-state index in [2.05, 4.69) is 5.32 Å². The molecule has 0 bridgehead atoms. The van der Waals surface area contributed by atoms with Crippen LogP contribution < -0.4 is 5.32 Å². The van der Waals surface area contributed by atoms with Crippen LogP contribution in [0.1, 0.15) is 36.0 Å². The molecule has 1 fully saturated rings. The molecule has 0 unspecified atom stereocenters. The molecule has 1 aliphatic rings. The molecule has 1 aromatic carbocycles. The Balaban J connectivity index is 2.00. The Labute approximate surface area is 129 Å². The van der Waals surface area contributed by atoms with Gasteiger partial charge in [0.15, 0.2) is 0 Å². The van der Waals surface area contributed by atoms with Crippen LogP contribution in [0.25, 0.3) is 0 Å². The lowest BCUT2D eigenvalue weighted by Gasteiger charge is -2.31. The van der Waals surface area contributed by atoms with Gasteiger partial charge in [-0.05, 0) is 54.0 Å². The Morgan fingerprint density at radius 3 is 2.60 bits per heavy atom. The number of carbonyl (C=O) groups is 1. The highest BCUT2D eigenvalue weighted by Gasteiger charge is 2.42. The normalized spacial score (nSPS) is 23.4. The highest BCUT2D eigenvalue weighted by Crippen LogP contribution is 2.37. The molecule has 1 aliphatic carbocycles. The Hall–Kier alpha value is -0.790. The lowest BCUT2D eigenvalue weighted by molar-refractivity contribution is -0.183. The van der Waals surface area contributed by atoms with Gasteiger partial charge in [0.05, 0.1) is 11.5 Å². The van der Waals surface area contributed by atoms with E-state index in [0.717, 1.165) is 3.57 Å². The average Bonchev–Trinajstić information content (AvgIpc) is 2.38. The number of benzene rings is 1. The summed E-state index contributed by atoms with van der Waals surface area (Å²) in [6.07, 6.45) is -2.90. The minimum absolute atomic E-state index is 0.0152. The Kier molecular flexibility index (Phi) is 4.93. The van der Waals surface area contributed by atoms with Crippen molar-refractivity contribution in [3.8, 4) is 0 Å². The molecule has 20 heavy (non-hydrogen) atoms. The molecular weight excluding hydrogens is 382 g/mol. The van der Waals surface area contributed by atoms with E-state index in [1.165, 1.54) is 0 Å². The molecule has 0 radical (unpaired) electrons. The highest BCUT2D eigenvalue weighted by atomic mass is 127. The summed E-state index contributed by atoms with van der Waals surface area (Å²) in [5, 5.41) is 2.73. The number of amides is 1. The third-order valence-corrected chi connectivity index (χ3v) is 4.53. The highest BCUT2D eigenvalue weighted by molar-refractivity contribution is 14.1. The summed E-state index contributed by atoms with van der Waals surface area (Å²) in [7, 11) is 0. The van der Waals surface area contributed by atoms with Crippen molar-refractivity contribution < 1.29 is 18.0 Å². The number of halogens is 4. The van der Waals surface area contributed by atoms with Crippen LogP contribution in [0.4, 0.5) is 13.2 Å². The predicted molar refractivity (Wildman–Crippen MR) is 78.4 cm³/mol. The summed E-state index contributed by atoms with van der Waals surface area (Å²) in [4.78, 5) is 12.1. The summed E-state index contributed by atoms with van der Waals surface area (Å²) in [6, 6.07) is 6.66. The van der Waals surface area contributed by atoms with E-state index in [1.54, 1.807) is 18.2 Å². The molecule has 0 spiro atoms. The van der Waals surface area contributed by atoms with Gasteiger partial charge in [0, 0.05) is 9.61 Å². The smallest absolute Gasteiger partial charge is 0.349 e. The second-order valence-corrected chi connectivity index (χ2v) is 6.22. The molecule has 2 atom stereocenters. The van der Waals surface area contributed by atoms with Gasteiger partial charge in [0.2, 0.25) is 0 Å². The molecule has 1 saturated carbocycles. The first-order valence-corrected chi connectivity index (χ1v) is 7.58. The number of alkyl halides is 3. The number of hydrogen-bond donors (Lipinski definition) is 1. The first-order valence-electron chi connectivity index (χ1n) is 6.50. The van der Waals surface area contributed by atoms with Gasteiger partial charge in [-0.1, -0.05) is 18.6 Å². The van der Waals surface area contributed by atoms with E-state index in [0.29, 0.717) is 18.4 Å². The maximum absolute atomic E-state index is 12.7. The van der Waals surface area contributed by atoms with Crippen LogP contribution >= 0.6 is 22.6 Å². The fourth-order valence-corrected chi connectivity index (χ4v) is 3.16. The molecule has 1 amide bonds. The zero-order valence-electron chi connectivity index (χ0n) is 10.7. The van der Waals surface area contributed by atoms with E-state index >= 15 is 0 Å². The van der Waals surface area contributed by atoms with Crippen LogP contribution in [0.15, 0.2) is 24.3 Å². The fourth-order valence-electron chi connectivity index (χ4n) is 2.53. The topological polar surface area (TPSA) is 29.1 Å². The van der Waals surface area contributed by atoms with Crippen molar-refractivity contribution in [2.45, 2.75) is 37.9 Å².